The number of nitrogens with one attached hydrogen (secondary N) is 1. The van der Waals surface area contributed by atoms with Crippen molar-refractivity contribution >= 4 is 5.91 Å². The molecule has 0 radical (unpaired) electrons. The highest BCUT2D eigenvalue weighted by molar-refractivity contribution is 5.92. The topological polar surface area (TPSA) is 37.3 Å². The van der Waals surface area contributed by atoms with Gasteiger partial charge in [-0.1, -0.05) is 30.3 Å². The number of aromatic nitrogens is 1. The smallest absolute Gasteiger partial charge is 0.270 e. The van der Waals surface area contributed by atoms with Gasteiger partial charge in [0.25, 0.3) is 5.91 Å². The van der Waals surface area contributed by atoms with Crippen LogP contribution >= 0.6 is 0 Å². The number of carbonyl (C=O) groups is 1. The molecule has 1 saturated heterocycles. The molecule has 1 aliphatic heterocycles. The van der Waals surface area contributed by atoms with E-state index in [1.807, 2.05) is 36.3 Å². The van der Waals surface area contributed by atoms with Crippen molar-refractivity contribution in [2.24, 2.45) is 5.92 Å². The van der Waals surface area contributed by atoms with Gasteiger partial charge in [-0.3, -0.25) is 4.79 Å². The van der Waals surface area contributed by atoms with Crippen LogP contribution in [0.15, 0.2) is 48.7 Å². The van der Waals surface area contributed by atoms with Gasteiger partial charge in [0.1, 0.15) is 5.69 Å². The molecule has 1 amide bonds. The molecule has 1 aliphatic rings. The molecule has 2 aromatic rings. The Morgan fingerprint density at radius 1 is 1.21 bits per heavy atom. The molecule has 0 bridgehead atoms. The number of benzene rings is 1. The van der Waals surface area contributed by atoms with E-state index in [9.17, 15) is 4.79 Å². The Bertz CT molecular complexity index is 648. The summed E-state index contributed by atoms with van der Waals surface area (Å²) in [5, 5.41) is 3.24. The summed E-state index contributed by atoms with van der Waals surface area (Å²) in [5.74, 6) is 0.745. The first-order chi connectivity index (χ1) is 11.8. The minimum atomic E-state index is 0.175. The number of hydrogen-bond donors (Lipinski definition) is 1. The van der Waals surface area contributed by atoms with Crippen molar-refractivity contribution < 1.29 is 4.79 Å². The molecule has 4 nitrogen and oxygen atoms in total. The van der Waals surface area contributed by atoms with Crippen LogP contribution in [0.5, 0.6) is 0 Å². The highest BCUT2D eigenvalue weighted by atomic mass is 16.2. The van der Waals surface area contributed by atoms with Crippen LogP contribution < -0.4 is 5.32 Å². The van der Waals surface area contributed by atoms with Crippen LogP contribution in [-0.2, 0) is 13.0 Å². The summed E-state index contributed by atoms with van der Waals surface area (Å²) in [4.78, 5) is 15.0. The molecule has 0 aliphatic carbocycles. The van der Waals surface area contributed by atoms with E-state index in [0.29, 0.717) is 5.92 Å². The van der Waals surface area contributed by atoms with Gasteiger partial charge in [0.2, 0.25) is 0 Å². The molecule has 24 heavy (non-hydrogen) atoms. The lowest BCUT2D eigenvalue weighted by Crippen LogP contribution is -2.43. The molecule has 1 fully saturated rings. The first-order valence-corrected chi connectivity index (χ1v) is 8.91. The summed E-state index contributed by atoms with van der Waals surface area (Å²) in [6.07, 6.45) is 5.27. The summed E-state index contributed by atoms with van der Waals surface area (Å²) >= 11 is 0. The van der Waals surface area contributed by atoms with Gasteiger partial charge >= 0.3 is 0 Å². The van der Waals surface area contributed by atoms with Crippen molar-refractivity contribution in [2.45, 2.75) is 25.8 Å². The highest BCUT2D eigenvalue weighted by Crippen LogP contribution is 2.18. The number of aryl methyl sites for hydroxylation is 2. The molecule has 1 aromatic heterocycles. The fourth-order valence-corrected chi connectivity index (χ4v) is 3.56. The second kappa shape index (κ2) is 8.15. The largest absolute Gasteiger partial charge is 0.343 e. The lowest BCUT2D eigenvalue weighted by atomic mass is 9.98. The zero-order valence-corrected chi connectivity index (χ0v) is 14.4. The zero-order valence-electron chi connectivity index (χ0n) is 14.4. The maximum atomic E-state index is 12.9. The van der Waals surface area contributed by atoms with E-state index in [2.05, 4.69) is 34.1 Å². The van der Waals surface area contributed by atoms with Crippen LogP contribution in [0.25, 0.3) is 0 Å². The summed E-state index contributed by atoms with van der Waals surface area (Å²) in [6.45, 7) is 3.57. The number of piperidine rings is 1. The Labute approximate surface area is 144 Å². The second-order valence-electron chi connectivity index (χ2n) is 6.64. The van der Waals surface area contributed by atoms with E-state index in [-0.39, 0.29) is 5.91 Å². The Kier molecular flexibility index (Phi) is 5.70. The summed E-state index contributed by atoms with van der Waals surface area (Å²) in [6, 6.07) is 14.4. The lowest BCUT2D eigenvalue weighted by molar-refractivity contribution is 0.0663. The molecule has 1 N–H and O–H groups in total. The quantitative estimate of drug-likeness (QED) is 0.887. The van der Waals surface area contributed by atoms with Crippen LogP contribution in [0.2, 0.25) is 0 Å². The van der Waals surface area contributed by atoms with Gasteiger partial charge in [0.05, 0.1) is 0 Å². The maximum Gasteiger partial charge on any atom is 0.270 e. The van der Waals surface area contributed by atoms with E-state index in [1.165, 1.54) is 12.0 Å². The third-order valence-corrected chi connectivity index (χ3v) is 4.83. The number of carbonyl (C=O) groups excluding carboxylic acids is 1. The van der Waals surface area contributed by atoms with Crippen molar-refractivity contribution in [1.29, 1.82) is 0 Å². The molecule has 2 heterocycles. The van der Waals surface area contributed by atoms with E-state index in [0.717, 1.165) is 44.7 Å². The number of amides is 1. The molecular weight excluding hydrogens is 298 g/mol. The average Bonchev–Trinajstić information content (AvgIpc) is 3.09. The Morgan fingerprint density at radius 2 is 2.04 bits per heavy atom. The molecule has 1 atom stereocenters. The van der Waals surface area contributed by atoms with Crippen molar-refractivity contribution in [2.75, 3.05) is 26.7 Å². The van der Waals surface area contributed by atoms with Crippen LogP contribution in [0, 0.1) is 5.92 Å². The van der Waals surface area contributed by atoms with Gasteiger partial charge in [0.15, 0.2) is 0 Å². The lowest BCUT2D eigenvalue weighted by Gasteiger charge is -2.33. The van der Waals surface area contributed by atoms with Crippen molar-refractivity contribution in [3.05, 3.63) is 59.9 Å². The fourth-order valence-electron chi connectivity index (χ4n) is 3.56. The van der Waals surface area contributed by atoms with Crippen molar-refractivity contribution in [3.8, 4) is 0 Å². The van der Waals surface area contributed by atoms with Crippen LogP contribution in [0.4, 0.5) is 0 Å². The molecule has 128 valence electrons. The van der Waals surface area contributed by atoms with Crippen LogP contribution in [0.1, 0.15) is 28.9 Å². The third-order valence-electron chi connectivity index (χ3n) is 4.83. The number of rotatable bonds is 6. The van der Waals surface area contributed by atoms with Gasteiger partial charge in [0, 0.05) is 25.8 Å². The molecule has 3 rings (SSSR count). The molecule has 1 aromatic carbocycles. The molecule has 4 heteroatoms. The van der Waals surface area contributed by atoms with E-state index in [1.54, 1.807) is 0 Å². The van der Waals surface area contributed by atoms with Crippen molar-refractivity contribution in [3.63, 3.8) is 0 Å². The van der Waals surface area contributed by atoms with E-state index in [4.69, 9.17) is 0 Å². The Hall–Kier alpha value is -2.07. The molecular formula is C20H27N3O. The van der Waals surface area contributed by atoms with Gasteiger partial charge in [-0.15, -0.1) is 0 Å². The zero-order chi connectivity index (χ0) is 16.8. The predicted octanol–water partition coefficient (Wildman–Crippen LogP) is 2.80. The molecule has 1 unspecified atom stereocenters. The summed E-state index contributed by atoms with van der Waals surface area (Å²) in [5.41, 5.74) is 2.12. The Balaban J connectivity index is 1.64. The summed E-state index contributed by atoms with van der Waals surface area (Å²) < 4.78 is 2.09. The van der Waals surface area contributed by atoms with Crippen LogP contribution in [0.3, 0.4) is 0 Å². The van der Waals surface area contributed by atoms with Gasteiger partial charge in [-0.2, -0.15) is 0 Å². The van der Waals surface area contributed by atoms with E-state index < -0.39 is 0 Å². The number of likely N-dealkylation sites (tertiary alicyclic amines) is 1. The normalized spacial score (nSPS) is 17.9. The van der Waals surface area contributed by atoms with Gasteiger partial charge in [-0.25, -0.2) is 0 Å². The van der Waals surface area contributed by atoms with Crippen molar-refractivity contribution in [1.82, 2.24) is 14.8 Å². The number of hydrogen-bond acceptors (Lipinski definition) is 2. The second-order valence-corrected chi connectivity index (χ2v) is 6.64. The summed E-state index contributed by atoms with van der Waals surface area (Å²) in [7, 11) is 1.98. The molecule has 0 spiro atoms. The standard InChI is InChI=1S/C20H27N3O/c1-21-15-18-9-5-13-23(16-18)20(24)19-10-6-12-22(19)14-11-17-7-3-2-4-8-17/h2-4,6-8,10,12,18,21H,5,9,11,13-16H2,1H3. The third kappa shape index (κ3) is 4.06. The van der Waals surface area contributed by atoms with Gasteiger partial charge in [-0.05, 0) is 56.5 Å². The first kappa shape index (κ1) is 16.8. The van der Waals surface area contributed by atoms with E-state index >= 15 is 0 Å². The minimum Gasteiger partial charge on any atom is -0.343 e. The highest BCUT2D eigenvalue weighted by Gasteiger charge is 2.25. The maximum absolute atomic E-state index is 12.9. The SMILES string of the molecule is CNCC1CCCN(C(=O)c2cccn2CCc2ccccc2)C1. The first-order valence-electron chi connectivity index (χ1n) is 8.91. The van der Waals surface area contributed by atoms with Crippen LogP contribution in [-0.4, -0.2) is 42.1 Å². The number of nitrogens with zero attached hydrogens (tertiary/aromatic N) is 2. The molecule has 0 saturated carbocycles. The van der Waals surface area contributed by atoms with Gasteiger partial charge < -0.3 is 14.8 Å². The predicted molar refractivity (Wildman–Crippen MR) is 97.1 cm³/mol. The average molecular weight is 325 g/mol. The monoisotopic (exact) mass is 325 g/mol. The Morgan fingerprint density at radius 3 is 2.83 bits per heavy atom. The minimum absolute atomic E-state index is 0.175. The fraction of sp³-hybridized carbons (Fsp3) is 0.450.